The molecule has 1 aliphatic heterocycles. The van der Waals surface area contributed by atoms with Gasteiger partial charge in [-0.15, -0.1) is 0 Å². The summed E-state index contributed by atoms with van der Waals surface area (Å²) in [6.45, 7) is 2.29. The molecule has 1 unspecified atom stereocenters. The number of nitrogens with one attached hydrogen (secondary N) is 1. The lowest BCUT2D eigenvalue weighted by atomic mass is 10.1. The Labute approximate surface area is 126 Å². The van der Waals surface area contributed by atoms with Crippen LogP contribution in [0.1, 0.15) is 12.8 Å². The minimum Gasteiger partial charge on any atom is -0.316 e. The SMILES string of the molecule is CNC1CCCN(CC(=O)N(CC#N)c2ccccc2)C1. The van der Waals surface area contributed by atoms with Gasteiger partial charge in [-0.3, -0.25) is 14.6 Å². The summed E-state index contributed by atoms with van der Waals surface area (Å²) in [4.78, 5) is 16.2. The fraction of sp³-hybridized carbons (Fsp3) is 0.500. The number of hydrogen-bond acceptors (Lipinski definition) is 4. The zero-order valence-electron chi connectivity index (χ0n) is 12.5. The topological polar surface area (TPSA) is 59.4 Å². The molecular formula is C16H22N4O. The van der Waals surface area contributed by atoms with Gasteiger partial charge in [-0.05, 0) is 38.6 Å². The number of amides is 1. The average Bonchev–Trinajstić information content (AvgIpc) is 2.53. The summed E-state index contributed by atoms with van der Waals surface area (Å²) in [5.74, 6) is -0.0143. The van der Waals surface area contributed by atoms with Gasteiger partial charge in [0, 0.05) is 18.3 Å². The van der Waals surface area contributed by atoms with Crippen LogP contribution >= 0.6 is 0 Å². The maximum atomic E-state index is 12.5. The molecule has 0 aliphatic carbocycles. The number of carbonyl (C=O) groups excluding carboxylic acids is 1. The van der Waals surface area contributed by atoms with E-state index < -0.39 is 0 Å². The molecule has 0 spiro atoms. The van der Waals surface area contributed by atoms with Gasteiger partial charge in [0.05, 0.1) is 12.6 Å². The highest BCUT2D eigenvalue weighted by molar-refractivity contribution is 5.95. The molecule has 1 saturated heterocycles. The molecule has 1 aromatic rings. The lowest BCUT2D eigenvalue weighted by Crippen LogP contribution is -2.48. The molecule has 21 heavy (non-hydrogen) atoms. The van der Waals surface area contributed by atoms with Crippen molar-refractivity contribution >= 4 is 11.6 Å². The highest BCUT2D eigenvalue weighted by atomic mass is 16.2. The van der Waals surface area contributed by atoms with E-state index in [1.54, 1.807) is 4.90 Å². The molecule has 1 fully saturated rings. The van der Waals surface area contributed by atoms with Crippen LogP contribution in [0, 0.1) is 11.3 Å². The molecule has 2 rings (SSSR count). The van der Waals surface area contributed by atoms with E-state index in [0.717, 1.165) is 31.6 Å². The van der Waals surface area contributed by atoms with Gasteiger partial charge in [-0.2, -0.15) is 5.26 Å². The van der Waals surface area contributed by atoms with Crippen LogP contribution in [0.4, 0.5) is 5.69 Å². The zero-order valence-corrected chi connectivity index (χ0v) is 12.5. The maximum Gasteiger partial charge on any atom is 0.242 e. The normalized spacial score (nSPS) is 19.0. The predicted molar refractivity (Wildman–Crippen MR) is 82.9 cm³/mol. The minimum absolute atomic E-state index is 0.0143. The number of nitriles is 1. The molecule has 1 amide bonds. The van der Waals surface area contributed by atoms with Gasteiger partial charge in [0.1, 0.15) is 6.54 Å². The number of nitrogens with zero attached hydrogens (tertiary/aromatic N) is 3. The van der Waals surface area contributed by atoms with E-state index in [2.05, 4.69) is 16.3 Å². The fourth-order valence-electron chi connectivity index (χ4n) is 2.71. The first kappa shape index (κ1) is 15.5. The number of benzene rings is 1. The number of likely N-dealkylation sites (N-methyl/N-ethyl adjacent to an activating group) is 1. The number of rotatable bonds is 5. The molecule has 1 heterocycles. The van der Waals surface area contributed by atoms with Crippen LogP contribution in [0.2, 0.25) is 0 Å². The molecule has 1 atom stereocenters. The van der Waals surface area contributed by atoms with Crippen molar-refractivity contribution in [1.82, 2.24) is 10.2 Å². The zero-order chi connectivity index (χ0) is 15.1. The third-order valence-corrected chi connectivity index (χ3v) is 3.87. The summed E-state index contributed by atoms with van der Waals surface area (Å²) < 4.78 is 0. The molecule has 0 saturated carbocycles. The third kappa shape index (κ3) is 4.28. The molecule has 0 radical (unpaired) electrons. The summed E-state index contributed by atoms with van der Waals surface area (Å²) in [6, 6.07) is 11.9. The van der Waals surface area contributed by atoms with E-state index in [1.165, 1.54) is 0 Å². The largest absolute Gasteiger partial charge is 0.316 e. The molecule has 112 valence electrons. The number of anilines is 1. The van der Waals surface area contributed by atoms with Gasteiger partial charge in [0.2, 0.25) is 5.91 Å². The van der Waals surface area contributed by atoms with Gasteiger partial charge < -0.3 is 5.32 Å². The molecule has 1 aromatic carbocycles. The van der Waals surface area contributed by atoms with Crippen molar-refractivity contribution in [2.75, 3.05) is 38.1 Å². The van der Waals surface area contributed by atoms with Crippen LogP contribution in [0.5, 0.6) is 0 Å². The van der Waals surface area contributed by atoms with Crippen LogP contribution in [0.25, 0.3) is 0 Å². The Morgan fingerprint density at radius 1 is 1.48 bits per heavy atom. The van der Waals surface area contributed by atoms with Crippen LogP contribution in [-0.2, 0) is 4.79 Å². The second-order valence-corrected chi connectivity index (χ2v) is 5.34. The highest BCUT2D eigenvalue weighted by Crippen LogP contribution is 2.15. The number of piperidine rings is 1. The minimum atomic E-state index is -0.0143. The quantitative estimate of drug-likeness (QED) is 0.827. The van der Waals surface area contributed by atoms with Crippen LogP contribution in [0.15, 0.2) is 30.3 Å². The molecule has 5 nitrogen and oxygen atoms in total. The Morgan fingerprint density at radius 2 is 2.24 bits per heavy atom. The Morgan fingerprint density at radius 3 is 2.90 bits per heavy atom. The maximum absolute atomic E-state index is 12.5. The number of para-hydroxylation sites is 1. The van der Waals surface area contributed by atoms with E-state index in [0.29, 0.717) is 12.6 Å². The van der Waals surface area contributed by atoms with Crippen molar-refractivity contribution in [2.45, 2.75) is 18.9 Å². The van der Waals surface area contributed by atoms with Gasteiger partial charge >= 0.3 is 0 Å². The van der Waals surface area contributed by atoms with Gasteiger partial charge in [-0.1, -0.05) is 18.2 Å². The van der Waals surface area contributed by atoms with Crippen molar-refractivity contribution in [3.05, 3.63) is 30.3 Å². The smallest absolute Gasteiger partial charge is 0.242 e. The molecule has 1 N–H and O–H groups in total. The van der Waals surface area contributed by atoms with Gasteiger partial charge in [0.15, 0.2) is 0 Å². The van der Waals surface area contributed by atoms with E-state index >= 15 is 0 Å². The van der Waals surface area contributed by atoms with E-state index in [9.17, 15) is 4.79 Å². The number of carbonyl (C=O) groups is 1. The Hall–Kier alpha value is -1.90. The molecule has 1 aliphatic rings. The van der Waals surface area contributed by atoms with Crippen LogP contribution in [-0.4, -0.2) is 50.1 Å². The summed E-state index contributed by atoms with van der Waals surface area (Å²) in [6.07, 6.45) is 2.25. The Kier molecular flexibility index (Phi) is 5.73. The van der Waals surface area contributed by atoms with Crippen molar-refractivity contribution in [1.29, 1.82) is 5.26 Å². The molecule has 0 bridgehead atoms. The van der Waals surface area contributed by atoms with E-state index in [-0.39, 0.29) is 12.5 Å². The predicted octanol–water partition coefficient (Wildman–Crippen LogP) is 1.23. The van der Waals surface area contributed by atoms with Crippen LogP contribution in [0.3, 0.4) is 0 Å². The second-order valence-electron chi connectivity index (χ2n) is 5.34. The molecule has 0 aromatic heterocycles. The van der Waals surface area contributed by atoms with Crippen molar-refractivity contribution in [3.63, 3.8) is 0 Å². The molecular weight excluding hydrogens is 264 g/mol. The summed E-state index contributed by atoms with van der Waals surface area (Å²) in [5, 5.41) is 12.2. The number of likely N-dealkylation sites (tertiary alicyclic amines) is 1. The van der Waals surface area contributed by atoms with Gasteiger partial charge in [-0.25, -0.2) is 0 Å². The fourth-order valence-corrected chi connectivity index (χ4v) is 2.71. The third-order valence-electron chi connectivity index (χ3n) is 3.87. The van der Waals surface area contributed by atoms with E-state index in [4.69, 9.17) is 5.26 Å². The van der Waals surface area contributed by atoms with Crippen molar-refractivity contribution in [3.8, 4) is 6.07 Å². The first-order valence-electron chi connectivity index (χ1n) is 7.36. The lowest BCUT2D eigenvalue weighted by molar-refractivity contribution is -0.119. The first-order chi connectivity index (χ1) is 10.2. The lowest BCUT2D eigenvalue weighted by Gasteiger charge is -2.33. The first-order valence-corrected chi connectivity index (χ1v) is 7.36. The summed E-state index contributed by atoms with van der Waals surface area (Å²) in [7, 11) is 1.96. The second kappa shape index (κ2) is 7.77. The van der Waals surface area contributed by atoms with E-state index in [1.807, 2.05) is 37.4 Å². The Bertz CT molecular complexity index is 497. The van der Waals surface area contributed by atoms with Crippen molar-refractivity contribution < 1.29 is 4.79 Å². The standard InChI is InChI=1S/C16H22N4O/c1-18-14-6-5-10-19(12-14)13-16(21)20(11-9-17)15-7-3-2-4-8-15/h2-4,7-8,14,18H,5-6,10-13H2,1H3. The monoisotopic (exact) mass is 286 g/mol. The van der Waals surface area contributed by atoms with Crippen molar-refractivity contribution in [2.24, 2.45) is 0 Å². The number of hydrogen-bond donors (Lipinski definition) is 1. The summed E-state index contributed by atoms with van der Waals surface area (Å²) >= 11 is 0. The average molecular weight is 286 g/mol. The van der Waals surface area contributed by atoms with Gasteiger partial charge in [0.25, 0.3) is 0 Å². The summed E-state index contributed by atoms with van der Waals surface area (Å²) in [5.41, 5.74) is 0.784. The highest BCUT2D eigenvalue weighted by Gasteiger charge is 2.23. The van der Waals surface area contributed by atoms with Crippen LogP contribution < -0.4 is 10.2 Å². The Balaban J connectivity index is 2.01. The molecule has 5 heteroatoms.